The van der Waals surface area contributed by atoms with E-state index in [2.05, 4.69) is 20.0 Å². The highest BCUT2D eigenvalue weighted by atomic mass is 16.5. The van der Waals surface area contributed by atoms with Crippen molar-refractivity contribution in [2.45, 2.75) is 0 Å². The zero-order valence-electron chi connectivity index (χ0n) is 17.9. The molecule has 2 aromatic rings. The lowest BCUT2D eigenvalue weighted by Gasteiger charge is -2.37. The van der Waals surface area contributed by atoms with Gasteiger partial charge in [-0.3, -0.25) is 14.5 Å². The van der Waals surface area contributed by atoms with Crippen molar-refractivity contribution in [3.63, 3.8) is 0 Å². The van der Waals surface area contributed by atoms with Crippen LogP contribution in [0.1, 0.15) is 0 Å². The maximum atomic E-state index is 12.9. The van der Waals surface area contributed by atoms with Crippen LogP contribution in [0.5, 0.6) is 5.75 Å². The highest BCUT2D eigenvalue weighted by Gasteiger charge is 2.30. The Balaban J connectivity index is 1.17. The number of para-hydroxylation sites is 2. The molecule has 10 nitrogen and oxygen atoms in total. The molecule has 10 heteroatoms. The van der Waals surface area contributed by atoms with Gasteiger partial charge in [-0.25, -0.2) is 0 Å². The van der Waals surface area contributed by atoms with Crippen molar-refractivity contribution in [3.05, 3.63) is 36.4 Å². The van der Waals surface area contributed by atoms with Gasteiger partial charge in [0.2, 0.25) is 5.91 Å². The fourth-order valence-electron chi connectivity index (χ4n) is 4.20. The molecule has 3 aliphatic rings. The predicted molar refractivity (Wildman–Crippen MR) is 118 cm³/mol. The topological polar surface area (TPSA) is 91.3 Å². The van der Waals surface area contributed by atoms with Crippen LogP contribution in [0, 0.1) is 0 Å². The van der Waals surface area contributed by atoms with Crippen molar-refractivity contribution >= 4 is 29.1 Å². The van der Waals surface area contributed by atoms with Crippen LogP contribution in [0.2, 0.25) is 0 Å². The van der Waals surface area contributed by atoms with Gasteiger partial charge in [0.05, 0.1) is 18.9 Å². The van der Waals surface area contributed by atoms with Crippen molar-refractivity contribution in [2.75, 3.05) is 80.3 Å². The van der Waals surface area contributed by atoms with E-state index in [9.17, 15) is 9.59 Å². The summed E-state index contributed by atoms with van der Waals surface area (Å²) in [5, 5.41) is 8.78. The highest BCUT2D eigenvalue weighted by molar-refractivity contribution is 6.02. The quantitative estimate of drug-likeness (QED) is 0.677. The van der Waals surface area contributed by atoms with Gasteiger partial charge in [0, 0.05) is 39.3 Å². The van der Waals surface area contributed by atoms with Gasteiger partial charge in [0.15, 0.2) is 18.2 Å². The van der Waals surface area contributed by atoms with Gasteiger partial charge in [-0.2, -0.15) is 0 Å². The summed E-state index contributed by atoms with van der Waals surface area (Å²) in [5.41, 5.74) is 0.645. The van der Waals surface area contributed by atoms with E-state index in [-0.39, 0.29) is 25.0 Å². The first-order valence-electron chi connectivity index (χ1n) is 10.9. The maximum absolute atomic E-state index is 12.9. The number of fused-ring (bicyclic) bond motifs is 1. The minimum Gasteiger partial charge on any atom is -0.482 e. The molecule has 32 heavy (non-hydrogen) atoms. The van der Waals surface area contributed by atoms with Crippen molar-refractivity contribution in [1.82, 2.24) is 15.1 Å². The third-order valence-corrected chi connectivity index (χ3v) is 6.03. The summed E-state index contributed by atoms with van der Waals surface area (Å²) >= 11 is 0. The number of nitrogens with zero attached hydrogens (tertiary/aromatic N) is 6. The SMILES string of the molecule is O=C(CN1C(=O)COc2ccccc21)N1CCN(c2ccc(N3CCOCC3)nn2)CC1. The number of hydrogen-bond donors (Lipinski definition) is 0. The third kappa shape index (κ3) is 4.18. The first-order valence-corrected chi connectivity index (χ1v) is 10.9. The zero-order chi connectivity index (χ0) is 21.9. The molecule has 0 radical (unpaired) electrons. The Morgan fingerprint density at radius 1 is 0.875 bits per heavy atom. The number of morpholine rings is 1. The molecule has 2 amide bonds. The first kappa shape index (κ1) is 20.5. The Morgan fingerprint density at radius 3 is 2.22 bits per heavy atom. The van der Waals surface area contributed by atoms with E-state index in [0.29, 0.717) is 50.8 Å². The van der Waals surface area contributed by atoms with E-state index in [0.717, 1.165) is 24.7 Å². The molecule has 3 aliphatic heterocycles. The average Bonchev–Trinajstić information content (AvgIpc) is 2.86. The standard InChI is InChI=1S/C22H26N6O4/c29-21(15-28-17-3-1-2-4-18(17)32-16-22(28)30)27-9-7-25(8-10-27)19-5-6-20(24-23-19)26-11-13-31-14-12-26/h1-6H,7-16H2. The normalized spacial score (nSPS) is 18.9. The largest absolute Gasteiger partial charge is 0.482 e. The Labute approximate surface area is 186 Å². The molecule has 4 heterocycles. The molecular formula is C22H26N6O4. The summed E-state index contributed by atoms with van der Waals surface area (Å²) in [6.45, 7) is 5.54. The lowest BCUT2D eigenvalue weighted by Crippen LogP contribution is -2.53. The van der Waals surface area contributed by atoms with Gasteiger partial charge in [-0.1, -0.05) is 12.1 Å². The molecule has 1 aromatic heterocycles. The molecule has 0 N–H and O–H groups in total. The Kier molecular flexibility index (Phi) is 5.76. The number of aromatic nitrogens is 2. The molecule has 2 saturated heterocycles. The molecule has 0 saturated carbocycles. The van der Waals surface area contributed by atoms with Crippen LogP contribution < -0.4 is 19.4 Å². The molecule has 0 bridgehead atoms. The number of carbonyl (C=O) groups is 2. The van der Waals surface area contributed by atoms with Gasteiger partial charge in [0.1, 0.15) is 12.3 Å². The van der Waals surface area contributed by atoms with E-state index in [4.69, 9.17) is 9.47 Å². The third-order valence-electron chi connectivity index (χ3n) is 6.03. The first-order chi connectivity index (χ1) is 15.7. The van der Waals surface area contributed by atoms with Crippen molar-refractivity contribution in [2.24, 2.45) is 0 Å². The Bertz CT molecular complexity index is 971. The van der Waals surface area contributed by atoms with Gasteiger partial charge >= 0.3 is 0 Å². The summed E-state index contributed by atoms with van der Waals surface area (Å²) in [4.78, 5) is 32.9. The second-order valence-corrected chi connectivity index (χ2v) is 7.95. The summed E-state index contributed by atoms with van der Waals surface area (Å²) in [7, 11) is 0. The number of amides is 2. The predicted octanol–water partition coefficient (Wildman–Crippen LogP) is 0.387. The lowest BCUT2D eigenvalue weighted by molar-refractivity contribution is -0.132. The van der Waals surface area contributed by atoms with Gasteiger partial charge in [0.25, 0.3) is 5.91 Å². The van der Waals surface area contributed by atoms with Crippen molar-refractivity contribution in [1.29, 1.82) is 0 Å². The number of rotatable bonds is 4. The van der Waals surface area contributed by atoms with Crippen LogP contribution in [0.3, 0.4) is 0 Å². The molecule has 0 unspecified atom stereocenters. The Morgan fingerprint density at radius 2 is 1.53 bits per heavy atom. The number of ether oxygens (including phenoxy) is 2. The minimum absolute atomic E-state index is 0.0211. The number of piperazine rings is 1. The molecule has 0 atom stereocenters. The second kappa shape index (κ2) is 8.99. The monoisotopic (exact) mass is 438 g/mol. The smallest absolute Gasteiger partial charge is 0.265 e. The number of anilines is 3. The fourth-order valence-corrected chi connectivity index (χ4v) is 4.20. The highest BCUT2D eigenvalue weighted by Crippen LogP contribution is 2.31. The summed E-state index contributed by atoms with van der Waals surface area (Å²) in [6, 6.07) is 11.3. The van der Waals surface area contributed by atoms with Gasteiger partial charge in [-0.15, -0.1) is 10.2 Å². The average molecular weight is 438 g/mol. The molecule has 168 valence electrons. The molecule has 2 fully saturated rings. The Hall–Kier alpha value is -3.40. The number of carbonyl (C=O) groups excluding carboxylic acids is 2. The van der Waals surface area contributed by atoms with Crippen molar-refractivity contribution < 1.29 is 19.1 Å². The van der Waals surface area contributed by atoms with Crippen LogP contribution in [0.15, 0.2) is 36.4 Å². The van der Waals surface area contributed by atoms with E-state index in [1.807, 2.05) is 30.3 Å². The molecule has 0 aliphatic carbocycles. The number of benzene rings is 1. The fraction of sp³-hybridized carbons (Fsp3) is 0.455. The van der Waals surface area contributed by atoms with Crippen LogP contribution in [0.4, 0.5) is 17.3 Å². The van der Waals surface area contributed by atoms with E-state index >= 15 is 0 Å². The molecule has 1 aromatic carbocycles. The number of hydrogen-bond acceptors (Lipinski definition) is 8. The van der Waals surface area contributed by atoms with E-state index in [1.54, 1.807) is 11.0 Å². The molecular weight excluding hydrogens is 412 g/mol. The second-order valence-electron chi connectivity index (χ2n) is 7.95. The summed E-state index contributed by atoms with van der Waals surface area (Å²) < 4.78 is 10.8. The maximum Gasteiger partial charge on any atom is 0.265 e. The van der Waals surface area contributed by atoms with Crippen LogP contribution in [-0.4, -0.2) is 92.5 Å². The van der Waals surface area contributed by atoms with Crippen LogP contribution >= 0.6 is 0 Å². The van der Waals surface area contributed by atoms with Crippen LogP contribution in [-0.2, 0) is 14.3 Å². The van der Waals surface area contributed by atoms with E-state index in [1.165, 1.54) is 4.90 Å². The summed E-state index contributed by atoms with van der Waals surface area (Å²) in [6.07, 6.45) is 0. The van der Waals surface area contributed by atoms with E-state index < -0.39 is 0 Å². The van der Waals surface area contributed by atoms with Gasteiger partial charge in [-0.05, 0) is 24.3 Å². The summed E-state index contributed by atoms with van der Waals surface area (Å²) in [5.74, 6) is 2.03. The minimum atomic E-state index is -0.202. The molecule has 0 spiro atoms. The lowest BCUT2D eigenvalue weighted by atomic mass is 10.2. The van der Waals surface area contributed by atoms with Crippen LogP contribution in [0.25, 0.3) is 0 Å². The van der Waals surface area contributed by atoms with Gasteiger partial charge < -0.3 is 24.2 Å². The zero-order valence-corrected chi connectivity index (χ0v) is 17.9. The van der Waals surface area contributed by atoms with Crippen molar-refractivity contribution in [3.8, 4) is 5.75 Å². The molecule has 5 rings (SSSR count).